The number of rotatable bonds is 5. The fraction of sp³-hybridized carbons (Fsp3) is 0.571. The van der Waals surface area contributed by atoms with Gasteiger partial charge in [-0.3, -0.25) is 0 Å². The topological polar surface area (TPSA) is 58.8 Å². The SMILES string of the molecule is CC1=CC[C@H]1N(CC1CCN(C(=O)OC(C)(C)C)CC1)c1cc(-c2c(C)noc2C)ccc1C. The molecule has 6 heteroatoms. The number of aryl methyl sites for hydroxylation is 3. The summed E-state index contributed by atoms with van der Waals surface area (Å²) < 4.78 is 11.0. The summed E-state index contributed by atoms with van der Waals surface area (Å²) in [7, 11) is 0. The lowest BCUT2D eigenvalue weighted by molar-refractivity contribution is 0.0186. The molecular weight excluding hydrogens is 426 g/mol. The van der Waals surface area contributed by atoms with Crippen LogP contribution in [0.2, 0.25) is 0 Å². The van der Waals surface area contributed by atoms with E-state index in [1.165, 1.54) is 16.8 Å². The zero-order valence-electron chi connectivity index (χ0n) is 21.8. The Kier molecular flexibility index (Phi) is 6.79. The van der Waals surface area contributed by atoms with Crippen LogP contribution in [0.3, 0.4) is 0 Å². The number of hydrogen-bond acceptors (Lipinski definition) is 5. The third-order valence-corrected chi connectivity index (χ3v) is 7.13. The molecule has 0 bridgehead atoms. The van der Waals surface area contributed by atoms with Crippen molar-refractivity contribution in [2.75, 3.05) is 24.5 Å². The van der Waals surface area contributed by atoms with Gasteiger partial charge in [-0.25, -0.2) is 4.79 Å². The normalized spacial score (nSPS) is 19.0. The van der Waals surface area contributed by atoms with Crippen molar-refractivity contribution in [2.24, 2.45) is 5.92 Å². The number of anilines is 1. The molecule has 1 amide bonds. The number of ether oxygens (including phenoxy) is 1. The monoisotopic (exact) mass is 465 g/mol. The van der Waals surface area contributed by atoms with Gasteiger partial charge in [-0.05, 0) is 90.8 Å². The molecule has 1 aromatic carbocycles. The Labute approximate surface area is 203 Å². The molecule has 1 aromatic heterocycles. The van der Waals surface area contributed by atoms with Crippen molar-refractivity contribution in [1.29, 1.82) is 0 Å². The van der Waals surface area contributed by atoms with Crippen LogP contribution in [-0.2, 0) is 4.74 Å². The Morgan fingerprint density at radius 3 is 2.41 bits per heavy atom. The number of benzene rings is 1. The second-order valence-electron chi connectivity index (χ2n) is 11.0. The average Bonchev–Trinajstić information content (AvgIpc) is 3.10. The number of piperidine rings is 1. The summed E-state index contributed by atoms with van der Waals surface area (Å²) in [6.07, 6.45) is 5.21. The van der Waals surface area contributed by atoms with E-state index in [0.717, 1.165) is 61.5 Å². The van der Waals surface area contributed by atoms with E-state index >= 15 is 0 Å². The van der Waals surface area contributed by atoms with Crippen LogP contribution in [-0.4, -0.2) is 47.4 Å². The van der Waals surface area contributed by atoms with E-state index in [1.54, 1.807) is 0 Å². The first-order valence-corrected chi connectivity index (χ1v) is 12.5. The summed E-state index contributed by atoms with van der Waals surface area (Å²) in [6.45, 7) is 16.7. The molecule has 34 heavy (non-hydrogen) atoms. The minimum atomic E-state index is -0.456. The predicted octanol–water partition coefficient (Wildman–Crippen LogP) is 6.44. The highest BCUT2D eigenvalue weighted by Gasteiger charge is 2.32. The fourth-order valence-electron chi connectivity index (χ4n) is 5.10. The molecule has 2 aromatic rings. The van der Waals surface area contributed by atoms with Crippen molar-refractivity contribution in [1.82, 2.24) is 10.1 Å². The summed E-state index contributed by atoms with van der Waals surface area (Å²) in [6, 6.07) is 7.13. The second-order valence-corrected chi connectivity index (χ2v) is 11.0. The third-order valence-electron chi connectivity index (χ3n) is 7.13. The van der Waals surface area contributed by atoms with Crippen LogP contribution in [0.25, 0.3) is 11.1 Å². The van der Waals surface area contributed by atoms with Crippen LogP contribution in [0, 0.1) is 26.7 Å². The van der Waals surface area contributed by atoms with Crippen molar-refractivity contribution in [3.05, 3.63) is 46.9 Å². The first-order valence-electron chi connectivity index (χ1n) is 12.5. The highest BCUT2D eigenvalue weighted by molar-refractivity contribution is 5.74. The van der Waals surface area contributed by atoms with Crippen molar-refractivity contribution < 1.29 is 14.1 Å². The quantitative estimate of drug-likeness (QED) is 0.476. The van der Waals surface area contributed by atoms with Crippen LogP contribution in [0.15, 0.2) is 34.4 Å². The molecule has 4 rings (SSSR count). The molecule has 1 atom stereocenters. The third kappa shape index (κ3) is 5.16. The number of carbonyl (C=O) groups is 1. The lowest BCUT2D eigenvalue weighted by Crippen LogP contribution is -2.47. The first kappa shape index (κ1) is 24.4. The van der Waals surface area contributed by atoms with Crippen molar-refractivity contribution in [2.45, 2.75) is 79.4 Å². The molecule has 0 unspecified atom stereocenters. The van der Waals surface area contributed by atoms with Gasteiger partial charge in [-0.15, -0.1) is 0 Å². The second kappa shape index (κ2) is 9.47. The van der Waals surface area contributed by atoms with Crippen molar-refractivity contribution in [3.63, 3.8) is 0 Å². The lowest BCUT2D eigenvalue weighted by Gasteiger charge is -2.43. The molecule has 6 nitrogen and oxygen atoms in total. The van der Waals surface area contributed by atoms with E-state index in [-0.39, 0.29) is 6.09 Å². The number of nitrogens with zero attached hydrogens (tertiary/aromatic N) is 3. The minimum Gasteiger partial charge on any atom is -0.444 e. The van der Waals surface area contributed by atoms with E-state index < -0.39 is 5.60 Å². The smallest absolute Gasteiger partial charge is 0.410 e. The molecule has 1 aliphatic heterocycles. The molecule has 0 N–H and O–H groups in total. The molecule has 2 heterocycles. The number of amides is 1. The maximum atomic E-state index is 12.5. The maximum absolute atomic E-state index is 12.5. The summed E-state index contributed by atoms with van der Waals surface area (Å²) in [5.74, 6) is 1.39. The van der Waals surface area contributed by atoms with Gasteiger partial charge in [-0.2, -0.15) is 0 Å². The zero-order valence-corrected chi connectivity index (χ0v) is 21.8. The summed E-state index contributed by atoms with van der Waals surface area (Å²) in [5, 5.41) is 4.16. The van der Waals surface area contributed by atoms with Crippen molar-refractivity contribution >= 4 is 11.8 Å². The summed E-state index contributed by atoms with van der Waals surface area (Å²) in [4.78, 5) is 17.0. The van der Waals surface area contributed by atoms with Gasteiger partial charge in [0.15, 0.2) is 0 Å². The van der Waals surface area contributed by atoms with E-state index in [0.29, 0.717) is 12.0 Å². The van der Waals surface area contributed by atoms with Gasteiger partial charge < -0.3 is 19.1 Å². The zero-order chi connectivity index (χ0) is 24.6. The van der Waals surface area contributed by atoms with Gasteiger partial charge in [0, 0.05) is 30.9 Å². The Balaban J connectivity index is 1.53. The maximum Gasteiger partial charge on any atom is 0.410 e. The molecule has 1 aliphatic carbocycles. The molecule has 2 aliphatic rings. The summed E-state index contributed by atoms with van der Waals surface area (Å²) >= 11 is 0. The molecule has 184 valence electrons. The van der Waals surface area contributed by atoms with Crippen LogP contribution in [0.4, 0.5) is 10.5 Å². The molecule has 0 radical (unpaired) electrons. The Morgan fingerprint density at radius 1 is 1.18 bits per heavy atom. The molecular formula is C28H39N3O3. The Hall–Kier alpha value is -2.76. The largest absolute Gasteiger partial charge is 0.444 e. The number of hydrogen-bond donors (Lipinski definition) is 0. The summed E-state index contributed by atoms with van der Waals surface area (Å²) in [5.41, 5.74) is 6.71. The van der Waals surface area contributed by atoms with Gasteiger partial charge in [0.25, 0.3) is 0 Å². The van der Waals surface area contributed by atoms with E-state index in [1.807, 2.05) is 39.5 Å². The Bertz CT molecular complexity index is 1050. The molecule has 1 fully saturated rings. The molecule has 0 spiro atoms. The van der Waals surface area contributed by atoms with Gasteiger partial charge in [0.2, 0.25) is 0 Å². The molecule has 1 saturated heterocycles. The van der Waals surface area contributed by atoms with Gasteiger partial charge in [-0.1, -0.05) is 28.9 Å². The lowest BCUT2D eigenvalue weighted by atomic mass is 9.88. The first-order chi connectivity index (χ1) is 16.0. The Morgan fingerprint density at radius 2 is 1.88 bits per heavy atom. The van der Waals surface area contributed by atoms with Crippen LogP contribution < -0.4 is 4.90 Å². The fourth-order valence-corrected chi connectivity index (χ4v) is 5.10. The number of likely N-dealkylation sites (tertiary alicyclic amines) is 1. The van der Waals surface area contributed by atoms with Crippen LogP contribution in [0.5, 0.6) is 0 Å². The number of carbonyl (C=O) groups excluding carboxylic acids is 1. The predicted molar refractivity (Wildman–Crippen MR) is 136 cm³/mol. The van der Waals surface area contributed by atoms with Gasteiger partial charge in [0.05, 0.1) is 11.7 Å². The number of aromatic nitrogens is 1. The highest BCUT2D eigenvalue weighted by atomic mass is 16.6. The highest BCUT2D eigenvalue weighted by Crippen LogP contribution is 2.37. The van der Waals surface area contributed by atoms with Crippen LogP contribution >= 0.6 is 0 Å². The van der Waals surface area contributed by atoms with Crippen molar-refractivity contribution in [3.8, 4) is 11.1 Å². The van der Waals surface area contributed by atoms with E-state index in [2.05, 4.69) is 48.2 Å². The van der Waals surface area contributed by atoms with Gasteiger partial charge in [0.1, 0.15) is 11.4 Å². The van der Waals surface area contributed by atoms with Crippen LogP contribution in [0.1, 0.15) is 64.0 Å². The standard InChI is InChI=1S/C28H39N3O3/c1-18-9-11-24(18)31(17-22-12-14-30(15-13-22)27(32)33-28(5,6)7)25-16-23(10-8-19(25)2)26-20(3)29-34-21(26)4/h8-10,16,22,24H,11-15,17H2,1-7H3/t24-/m1/s1. The van der Waals surface area contributed by atoms with E-state index in [9.17, 15) is 4.79 Å². The minimum absolute atomic E-state index is 0.191. The molecule has 0 saturated carbocycles. The average molecular weight is 466 g/mol. The van der Waals surface area contributed by atoms with Gasteiger partial charge >= 0.3 is 6.09 Å². The van der Waals surface area contributed by atoms with E-state index in [4.69, 9.17) is 9.26 Å².